The maximum atomic E-state index is 12.7. The molecule has 2 rings (SSSR count). The molecule has 0 heterocycles. The molecule has 0 saturated carbocycles. The standard InChI is InChI=1S/C17H20N2O4S/c1-12(14-7-5-4-6-8-14)19-24(21,22)17-11-15(18-13(2)20)9-10-16(17)23-3/h4-12,19H,1-3H3,(H,18,20). The molecule has 0 aliphatic heterocycles. The second-order valence-corrected chi connectivity index (χ2v) is 6.98. The van der Waals surface area contributed by atoms with Gasteiger partial charge in [-0.25, -0.2) is 13.1 Å². The van der Waals surface area contributed by atoms with Gasteiger partial charge in [-0.2, -0.15) is 0 Å². The first-order chi connectivity index (χ1) is 11.3. The molecule has 2 aromatic rings. The molecule has 0 fully saturated rings. The van der Waals surface area contributed by atoms with E-state index < -0.39 is 16.1 Å². The van der Waals surface area contributed by atoms with Crippen molar-refractivity contribution >= 4 is 21.6 Å². The van der Waals surface area contributed by atoms with E-state index in [-0.39, 0.29) is 16.6 Å². The summed E-state index contributed by atoms with van der Waals surface area (Å²) in [5.41, 5.74) is 1.23. The van der Waals surface area contributed by atoms with Crippen LogP contribution >= 0.6 is 0 Å². The van der Waals surface area contributed by atoms with E-state index in [0.29, 0.717) is 5.69 Å². The number of amides is 1. The molecule has 128 valence electrons. The molecule has 1 unspecified atom stereocenters. The molecule has 0 saturated heterocycles. The normalized spacial score (nSPS) is 12.5. The molecule has 0 aromatic heterocycles. The van der Waals surface area contributed by atoms with Gasteiger partial charge in [-0.1, -0.05) is 30.3 Å². The van der Waals surface area contributed by atoms with Crippen LogP contribution in [0.25, 0.3) is 0 Å². The van der Waals surface area contributed by atoms with Crippen LogP contribution in [-0.2, 0) is 14.8 Å². The third-order valence-electron chi connectivity index (χ3n) is 3.41. The van der Waals surface area contributed by atoms with Crippen molar-refractivity contribution in [2.75, 3.05) is 12.4 Å². The zero-order chi connectivity index (χ0) is 17.7. The van der Waals surface area contributed by atoms with Crippen molar-refractivity contribution in [3.05, 3.63) is 54.1 Å². The van der Waals surface area contributed by atoms with Crippen molar-refractivity contribution in [1.82, 2.24) is 4.72 Å². The highest BCUT2D eigenvalue weighted by Gasteiger charge is 2.23. The second-order valence-electron chi connectivity index (χ2n) is 5.30. The number of sulfonamides is 1. The first kappa shape index (κ1) is 18.0. The number of hydrogen-bond acceptors (Lipinski definition) is 4. The number of carbonyl (C=O) groups excluding carboxylic acids is 1. The molecule has 2 aromatic carbocycles. The van der Waals surface area contributed by atoms with Crippen molar-refractivity contribution < 1.29 is 17.9 Å². The molecule has 0 aliphatic rings. The van der Waals surface area contributed by atoms with Gasteiger partial charge in [0.05, 0.1) is 7.11 Å². The van der Waals surface area contributed by atoms with Crippen LogP contribution in [0.5, 0.6) is 5.75 Å². The molecule has 1 amide bonds. The number of carbonyl (C=O) groups is 1. The lowest BCUT2D eigenvalue weighted by Gasteiger charge is -2.17. The fourth-order valence-electron chi connectivity index (χ4n) is 2.27. The van der Waals surface area contributed by atoms with Gasteiger partial charge in [0.15, 0.2) is 0 Å². The molecule has 7 heteroatoms. The highest BCUT2D eigenvalue weighted by atomic mass is 32.2. The fourth-order valence-corrected chi connectivity index (χ4v) is 3.70. The third kappa shape index (κ3) is 4.33. The lowest BCUT2D eigenvalue weighted by molar-refractivity contribution is -0.114. The molecule has 0 bridgehead atoms. The average Bonchev–Trinajstić information content (AvgIpc) is 2.54. The van der Waals surface area contributed by atoms with E-state index in [1.807, 2.05) is 30.3 Å². The Labute approximate surface area is 141 Å². The number of nitrogens with one attached hydrogen (secondary N) is 2. The lowest BCUT2D eigenvalue weighted by atomic mass is 10.1. The first-order valence-corrected chi connectivity index (χ1v) is 8.84. The Morgan fingerprint density at radius 3 is 2.38 bits per heavy atom. The van der Waals surface area contributed by atoms with E-state index in [1.165, 1.54) is 26.2 Å². The Hall–Kier alpha value is -2.38. The minimum atomic E-state index is -3.84. The molecule has 0 radical (unpaired) electrons. The summed E-state index contributed by atoms with van der Waals surface area (Å²) >= 11 is 0. The highest BCUT2D eigenvalue weighted by Crippen LogP contribution is 2.28. The Kier molecular flexibility index (Phi) is 5.58. The van der Waals surface area contributed by atoms with Crippen LogP contribution in [0.3, 0.4) is 0 Å². The number of anilines is 1. The van der Waals surface area contributed by atoms with Crippen molar-refractivity contribution in [1.29, 1.82) is 0 Å². The molecule has 1 atom stereocenters. The summed E-state index contributed by atoms with van der Waals surface area (Å²) in [6, 6.07) is 13.3. The van der Waals surface area contributed by atoms with Crippen LogP contribution < -0.4 is 14.8 Å². The van der Waals surface area contributed by atoms with Crippen LogP contribution in [-0.4, -0.2) is 21.4 Å². The number of rotatable bonds is 6. The minimum Gasteiger partial charge on any atom is -0.495 e. The van der Waals surface area contributed by atoms with Gasteiger partial charge < -0.3 is 10.1 Å². The zero-order valence-corrected chi connectivity index (χ0v) is 14.6. The topological polar surface area (TPSA) is 84.5 Å². The van der Waals surface area contributed by atoms with Gasteiger partial charge in [0.1, 0.15) is 10.6 Å². The predicted molar refractivity (Wildman–Crippen MR) is 92.5 cm³/mol. The van der Waals surface area contributed by atoms with E-state index in [9.17, 15) is 13.2 Å². The molecule has 6 nitrogen and oxygen atoms in total. The molecular weight excluding hydrogens is 328 g/mol. The Morgan fingerprint density at radius 2 is 1.79 bits per heavy atom. The fraction of sp³-hybridized carbons (Fsp3) is 0.235. The Morgan fingerprint density at radius 1 is 1.12 bits per heavy atom. The first-order valence-electron chi connectivity index (χ1n) is 7.36. The number of hydrogen-bond donors (Lipinski definition) is 2. The van der Waals surface area contributed by atoms with Gasteiger partial charge in [0, 0.05) is 18.7 Å². The maximum Gasteiger partial charge on any atom is 0.244 e. The van der Waals surface area contributed by atoms with Crippen LogP contribution in [0.1, 0.15) is 25.5 Å². The van der Waals surface area contributed by atoms with Gasteiger partial charge in [0.25, 0.3) is 0 Å². The molecule has 2 N–H and O–H groups in total. The molecule has 24 heavy (non-hydrogen) atoms. The summed E-state index contributed by atoms with van der Waals surface area (Å²) in [4.78, 5) is 11.2. The quantitative estimate of drug-likeness (QED) is 0.840. The van der Waals surface area contributed by atoms with Gasteiger partial charge in [-0.3, -0.25) is 4.79 Å². The van der Waals surface area contributed by atoms with Crippen molar-refractivity contribution in [3.8, 4) is 5.75 Å². The SMILES string of the molecule is COc1ccc(NC(C)=O)cc1S(=O)(=O)NC(C)c1ccccc1. The smallest absolute Gasteiger partial charge is 0.244 e. The van der Waals surface area contributed by atoms with Crippen molar-refractivity contribution in [3.63, 3.8) is 0 Å². The van der Waals surface area contributed by atoms with Gasteiger partial charge in [0.2, 0.25) is 15.9 Å². The maximum absolute atomic E-state index is 12.7. The minimum absolute atomic E-state index is 0.0287. The van der Waals surface area contributed by atoms with E-state index >= 15 is 0 Å². The molecule has 0 aliphatic carbocycles. The van der Waals surface area contributed by atoms with Crippen molar-refractivity contribution in [2.24, 2.45) is 0 Å². The zero-order valence-electron chi connectivity index (χ0n) is 13.7. The van der Waals surface area contributed by atoms with Crippen LogP contribution in [0.2, 0.25) is 0 Å². The molecular formula is C17H20N2O4S. The number of benzene rings is 2. The summed E-state index contributed by atoms with van der Waals surface area (Å²) in [6.45, 7) is 3.12. The average molecular weight is 348 g/mol. The highest BCUT2D eigenvalue weighted by molar-refractivity contribution is 7.89. The van der Waals surface area contributed by atoms with Crippen LogP contribution in [0.4, 0.5) is 5.69 Å². The van der Waals surface area contributed by atoms with E-state index in [1.54, 1.807) is 13.0 Å². The number of ether oxygens (including phenoxy) is 1. The predicted octanol–water partition coefficient (Wildman–Crippen LogP) is 2.69. The summed E-state index contributed by atoms with van der Waals surface area (Å²) in [5.74, 6) is -0.0778. The summed E-state index contributed by atoms with van der Waals surface area (Å²) in [7, 11) is -2.44. The van der Waals surface area contributed by atoms with E-state index in [0.717, 1.165) is 5.56 Å². The van der Waals surface area contributed by atoms with Crippen molar-refractivity contribution in [2.45, 2.75) is 24.8 Å². The van der Waals surface area contributed by atoms with Crippen LogP contribution in [0.15, 0.2) is 53.4 Å². The summed E-state index contributed by atoms with van der Waals surface area (Å²) in [6.07, 6.45) is 0. The Balaban J connectivity index is 2.35. The third-order valence-corrected chi connectivity index (χ3v) is 4.97. The van der Waals surface area contributed by atoms with E-state index in [4.69, 9.17) is 4.74 Å². The van der Waals surface area contributed by atoms with E-state index in [2.05, 4.69) is 10.0 Å². The summed E-state index contributed by atoms with van der Waals surface area (Å²) in [5, 5.41) is 2.57. The Bertz CT molecular complexity index is 820. The lowest BCUT2D eigenvalue weighted by Crippen LogP contribution is -2.27. The molecule has 0 spiro atoms. The van der Waals surface area contributed by atoms with Gasteiger partial charge >= 0.3 is 0 Å². The van der Waals surface area contributed by atoms with Crippen LogP contribution in [0, 0.1) is 0 Å². The van der Waals surface area contributed by atoms with Gasteiger partial charge in [-0.05, 0) is 30.7 Å². The van der Waals surface area contributed by atoms with Gasteiger partial charge in [-0.15, -0.1) is 0 Å². The largest absolute Gasteiger partial charge is 0.495 e. The summed E-state index contributed by atoms with van der Waals surface area (Å²) < 4.78 is 33.2. The second kappa shape index (κ2) is 7.46. The number of methoxy groups -OCH3 is 1. The monoisotopic (exact) mass is 348 g/mol.